The monoisotopic (exact) mass is 260 g/mol. The molecule has 0 radical (unpaired) electrons. The first kappa shape index (κ1) is 13.5. The van der Waals surface area contributed by atoms with Crippen LogP contribution >= 0.6 is 0 Å². The van der Waals surface area contributed by atoms with E-state index in [1.165, 1.54) is 0 Å². The van der Waals surface area contributed by atoms with E-state index in [-0.39, 0.29) is 0 Å². The minimum Gasteiger partial charge on any atom is -0.394 e. The van der Waals surface area contributed by atoms with Crippen molar-refractivity contribution >= 4 is 8.56 Å². The van der Waals surface area contributed by atoms with Gasteiger partial charge in [-0.3, -0.25) is 0 Å². The fourth-order valence-electron chi connectivity index (χ4n) is 2.03. The maximum atomic E-state index is 6.00. The zero-order valence-electron chi connectivity index (χ0n) is 10.9. The lowest BCUT2D eigenvalue weighted by atomic mass is 10.2. The molecule has 0 amide bonds. The average Bonchev–Trinajstić information content (AvgIpc) is 3.16. The fraction of sp³-hybridized carbons (Fsp3) is 1.00. The number of rotatable bonds is 7. The largest absolute Gasteiger partial charge is 0.394 e. The van der Waals surface area contributed by atoms with Gasteiger partial charge in [0.25, 0.3) is 0 Å². The Morgan fingerprint density at radius 3 is 2.53 bits per heavy atom. The molecule has 0 bridgehead atoms. The molecular weight excluding hydrogens is 236 g/mol. The van der Waals surface area contributed by atoms with Crippen molar-refractivity contribution < 1.29 is 18.3 Å². The lowest BCUT2D eigenvalue weighted by Crippen LogP contribution is -2.48. The Hall–Kier alpha value is 0.0569. The summed E-state index contributed by atoms with van der Waals surface area (Å²) in [6.07, 6.45) is 1.41. The molecule has 2 fully saturated rings. The van der Waals surface area contributed by atoms with Crippen LogP contribution in [-0.4, -0.2) is 47.7 Å². The van der Waals surface area contributed by atoms with Gasteiger partial charge in [-0.1, -0.05) is 13.8 Å². The molecule has 0 spiro atoms. The van der Waals surface area contributed by atoms with E-state index in [0.29, 0.717) is 12.0 Å². The van der Waals surface area contributed by atoms with Crippen LogP contribution in [0.1, 0.15) is 20.3 Å². The summed E-state index contributed by atoms with van der Waals surface area (Å²) in [7, 11) is -1.87. The van der Waals surface area contributed by atoms with Gasteiger partial charge < -0.3 is 18.3 Å². The number of epoxide rings is 1. The van der Waals surface area contributed by atoms with Crippen molar-refractivity contribution in [2.45, 2.75) is 38.5 Å². The second kappa shape index (κ2) is 6.29. The van der Waals surface area contributed by atoms with Gasteiger partial charge in [-0.05, 0) is 18.5 Å². The van der Waals surface area contributed by atoms with Crippen LogP contribution in [0.5, 0.6) is 0 Å². The van der Waals surface area contributed by atoms with Gasteiger partial charge in [0.15, 0.2) is 0 Å². The summed E-state index contributed by atoms with van der Waals surface area (Å²) in [6, 6.07) is 2.10. The van der Waals surface area contributed by atoms with Gasteiger partial charge in [0.1, 0.15) is 6.10 Å². The molecule has 0 N–H and O–H groups in total. The van der Waals surface area contributed by atoms with E-state index in [2.05, 4.69) is 13.8 Å². The van der Waals surface area contributed by atoms with Crippen molar-refractivity contribution in [3.8, 4) is 0 Å². The van der Waals surface area contributed by atoms with Gasteiger partial charge in [-0.15, -0.1) is 0 Å². The summed E-state index contributed by atoms with van der Waals surface area (Å²) in [5.74, 6) is 0.547. The van der Waals surface area contributed by atoms with E-state index in [0.717, 1.165) is 51.5 Å². The Morgan fingerprint density at radius 2 is 1.94 bits per heavy atom. The molecular formula is C12H24O4Si. The lowest BCUT2D eigenvalue weighted by molar-refractivity contribution is 0.0626. The van der Waals surface area contributed by atoms with Crippen molar-refractivity contribution in [3.63, 3.8) is 0 Å². The average molecular weight is 260 g/mol. The predicted molar refractivity (Wildman–Crippen MR) is 67.3 cm³/mol. The Balaban J connectivity index is 1.60. The minimum atomic E-state index is -1.87. The molecule has 2 saturated heterocycles. The molecule has 5 heteroatoms. The number of hydrogen-bond donors (Lipinski definition) is 0. The van der Waals surface area contributed by atoms with Crippen molar-refractivity contribution in [1.82, 2.24) is 0 Å². The molecule has 17 heavy (non-hydrogen) atoms. The molecule has 100 valence electrons. The van der Waals surface area contributed by atoms with Gasteiger partial charge in [0.05, 0.1) is 13.2 Å². The fourth-order valence-corrected chi connectivity index (χ4v) is 5.02. The molecule has 2 aliphatic rings. The lowest BCUT2D eigenvalue weighted by Gasteiger charge is -2.36. The van der Waals surface area contributed by atoms with Crippen LogP contribution in [-0.2, 0) is 18.3 Å². The first-order chi connectivity index (χ1) is 8.24. The minimum absolute atomic E-state index is 0.371. The maximum Gasteiger partial charge on any atom is 0.337 e. The number of hydrogen-bond acceptors (Lipinski definition) is 4. The van der Waals surface area contributed by atoms with E-state index >= 15 is 0 Å². The van der Waals surface area contributed by atoms with Crippen molar-refractivity contribution in [2.24, 2.45) is 5.92 Å². The quantitative estimate of drug-likeness (QED) is 0.398. The Morgan fingerprint density at radius 1 is 1.24 bits per heavy atom. The molecule has 0 aliphatic carbocycles. The highest BCUT2D eigenvalue weighted by atomic mass is 28.4. The van der Waals surface area contributed by atoms with Crippen LogP contribution in [0.15, 0.2) is 0 Å². The molecule has 0 aromatic rings. The standard InChI is InChI=1S/C12H24O4Si/c1-3-17(15-7-11(2)8-16-17)6-4-5-13-9-12-10-14-12/h11-12H,3-10H2,1-2H3. The summed E-state index contributed by atoms with van der Waals surface area (Å²) < 4.78 is 22.6. The van der Waals surface area contributed by atoms with Gasteiger partial charge in [0, 0.05) is 25.7 Å². The first-order valence-corrected chi connectivity index (χ1v) is 8.94. The highest BCUT2D eigenvalue weighted by Crippen LogP contribution is 2.26. The summed E-state index contributed by atoms with van der Waals surface area (Å²) in [5, 5.41) is 0. The SMILES string of the molecule is CC[Si]1(CCCOCC2CO2)OCC(C)CO1. The Labute approximate surface area is 105 Å². The summed E-state index contributed by atoms with van der Waals surface area (Å²) in [6.45, 7) is 8.52. The Kier molecular flexibility index (Phi) is 4.99. The summed E-state index contributed by atoms with van der Waals surface area (Å²) >= 11 is 0. The van der Waals surface area contributed by atoms with Gasteiger partial charge in [0.2, 0.25) is 0 Å². The third-order valence-corrected chi connectivity index (χ3v) is 6.93. The third-order valence-electron chi connectivity index (χ3n) is 3.35. The van der Waals surface area contributed by atoms with Crippen LogP contribution in [0.4, 0.5) is 0 Å². The molecule has 0 saturated carbocycles. The normalized spacial score (nSPS) is 37.1. The smallest absolute Gasteiger partial charge is 0.337 e. The Bertz CT molecular complexity index is 225. The highest BCUT2D eigenvalue weighted by Gasteiger charge is 2.39. The van der Waals surface area contributed by atoms with Crippen LogP contribution in [0.25, 0.3) is 0 Å². The van der Waals surface area contributed by atoms with Crippen LogP contribution < -0.4 is 0 Å². The molecule has 0 aromatic carbocycles. The predicted octanol–water partition coefficient (Wildman–Crippen LogP) is 1.94. The van der Waals surface area contributed by atoms with Gasteiger partial charge >= 0.3 is 8.56 Å². The summed E-state index contributed by atoms with van der Waals surface area (Å²) in [4.78, 5) is 0. The van der Waals surface area contributed by atoms with Gasteiger partial charge in [-0.25, -0.2) is 0 Å². The molecule has 2 aliphatic heterocycles. The topological polar surface area (TPSA) is 40.2 Å². The highest BCUT2D eigenvalue weighted by molar-refractivity contribution is 6.67. The van der Waals surface area contributed by atoms with E-state index in [1.807, 2.05) is 0 Å². The molecule has 0 aromatic heterocycles. The van der Waals surface area contributed by atoms with Crippen LogP contribution in [0, 0.1) is 5.92 Å². The third kappa shape index (κ3) is 4.33. The maximum absolute atomic E-state index is 6.00. The molecule has 2 heterocycles. The summed E-state index contributed by atoms with van der Waals surface area (Å²) in [5.41, 5.74) is 0. The first-order valence-electron chi connectivity index (χ1n) is 6.71. The van der Waals surface area contributed by atoms with Gasteiger partial charge in [-0.2, -0.15) is 0 Å². The molecule has 4 nitrogen and oxygen atoms in total. The zero-order valence-corrected chi connectivity index (χ0v) is 11.9. The van der Waals surface area contributed by atoms with E-state index in [1.54, 1.807) is 0 Å². The van der Waals surface area contributed by atoms with E-state index in [4.69, 9.17) is 18.3 Å². The zero-order chi connectivity index (χ0) is 12.1. The second-order valence-electron chi connectivity index (χ2n) is 5.13. The van der Waals surface area contributed by atoms with Crippen molar-refractivity contribution in [3.05, 3.63) is 0 Å². The molecule has 1 atom stereocenters. The van der Waals surface area contributed by atoms with Crippen molar-refractivity contribution in [2.75, 3.05) is 33.0 Å². The second-order valence-corrected chi connectivity index (χ2v) is 8.73. The van der Waals surface area contributed by atoms with E-state index < -0.39 is 8.56 Å². The number of ether oxygens (including phenoxy) is 2. The van der Waals surface area contributed by atoms with E-state index in [9.17, 15) is 0 Å². The van der Waals surface area contributed by atoms with Crippen LogP contribution in [0.3, 0.4) is 0 Å². The van der Waals surface area contributed by atoms with Crippen LogP contribution in [0.2, 0.25) is 12.1 Å². The molecule has 2 rings (SSSR count). The van der Waals surface area contributed by atoms with Crippen molar-refractivity contribution in [1.29, 1.82) is 0 Å². The molecule has 1 unspecified atom stereocenters.